The van der Waals surface area contributed by atoms with Crippen LogP contribution in [0.15, 0.2) is 48.5 Å². The van der Waals surface area contributed by atoms with Crippen LogP contribution in [0, 0.1) is 11.8 Å². The maximum atomic E-state index is 12.0. The van der Waals surface area contributed by atoms with Gasteiger partial charge in [0.1, 0.15) is 0 Å². The van der Waals surface area contributed by atoms with Crippen LogP contribution in [-0.2, 0) is 12.8 Å². The molecule has 146 valence electrons. The van der Waals surface area contributed by atoms with Crippen LogP contribution < -0.4 is 0 Å². The number of hydrogen-bond acceptors (Lipinski definition) is 2. The number of hydrogen-bond donors (Lipinski definition) is 1. The number of benzene rings is 2. The number of rotatable bonds is 6. The lowest BCUT2D eigenvalue weighted by atomic mass is 9.64. The second-order valence-corrected chi connectivity index (χ2v) is 9.02. The van der Waals surface area contributed by atoms with E-state index in [9.17, 15) is 5.11 Å². The quantitative estimate of drug-likeness (QED) is 0.686. The third kappa shape index (κ3) is 5.06. The first-order valence-electron chi connectivity index (χ1n) is 9.73. The average Bonchev–Trinajstić information content (AvgIpc) is 2.62. The maximum Gasteiger partial charge on any atom is 0.0759 e. The maximum absolute atomic E-state index is 12.0. The predicted octanol–water partition coefficient (Wildman–Crippen LogP) is 5.49. The smallest absolute Gasteiger partial charge is 0.0759 e. The molecule has 0 saturated heterocycles. The Bertz CT molecular complexity index is 749. The van der Waals surface area contributed by atoms with E-state index in [0.29, 0.717) is 16.5 Å². The van der Waals surface area contributed by atoms with Gasteiger partial charge in [0.15, 0.2) is 0 Å². The molecule has 3 unspecified atom stereocenters. The number of halogens is 2. The highest BCUT2D eigenvalue weighted by atomic mass is 35.5. The molecule has 4 heteroatoms. The zero-order valence-electron chi connectivity index (χ0n) is 16.2. The highest BCUT2D eigenvalue weighted by molar-refractivity contribution is 6.35. The Kier molecular flexibility index (Phi) is 6.86. The lowest BCUT2D eigenvalue weighted by Crippen LogP contribution is -2.53. The van der Waals surface area contributed by atoms with Crippen molar-refractivity contribution in [3.63, 3.8) is 0 Å². The fraction of sp³-hybridized carbons (Fsp3) is 0.478. The molecule has 1 aliphatic carbocycles. The van der Waals surface area contributed by atoms with Gasteiger partial charge in [0.2, 0.25) is 0 Å². The molecular weight excluding hydrogens is 377 g/mol. The first-order chi connectivity index (χ1) is 12.9. The standard InChI is InChI=1S/C23H29Cl2NO/c1-26(2)16-20-10-6-9-19(13-17-7-4-3-5-8-17)23(20,27)15-18-11-12-21(24)14-22(18)25/h3-5,7-8,11-12,14,19-20,27H,6,9-10,13,15-16H2,1-2H3. The van der Waals surface area contributed by atoms with Crippen molar-refractivity contribution in [2.24, 2.45) is 11.8 Å². The van der Waals surface area contributed by atoms with Gasteiger partial charge in [-0.2, -0.15) is 0 Å². The largest absolute Gasteiger partial charge is 0.389 e. The lowest BCUT2D eigenvalue weighted by molar-refractivity contribution is -0.0997. The summed E-state index contributed by atoms with van der Waals surface area (Å²) in [5.41, 5.74) is 1.48. The van der Waals surface area contributed by atoms with Gasteiger partial charge in [-0.25, -0.2) is 0 Å². The highest BCUT2D eigenvalue weighted by Gasteiger charge is 2.46. The van der Waals surface area contributed by atoms with Crippen molar-refractivity contribution in [1.82, 2.24) is 4.90 Å². The Hall–Kier alpha value is -1.06. The second-order valence-electron chi connectivity index (χ2n) is 8.18. The van der Waals surface area contributed by atoms with Gasteiger partial charge in [0, 0.05) is 28.9 Å². The highest BCUT2D eigenvalue weighted by Crippen LogP contribution is 2.43. The Balaban J connectivity index is 1.92. The average molecular weight is 406 g/mol. The molecule has 0 heterocycles. The van der Waals surface area contributed by atoms with Gasteiger partial charge >= 0.3 is 0 Å². The summed E-state index contributed by atoms with van der Waals surface area (Å²) in [7, 11) is 4.16. The van der Waals surface area contributed by atoms with E-state index in [1.54, 1.807) is 6.07 Å². The third-order valence-electron chi connectivity index (χ3n) is 5.92. The second kappa shape index (κ2) is 8.96. The molecule has 2 nitrogen and oxygen atoms in total. The molecule has 3 rings (SSSR count). The molecule has 0 radical (unpaired) electrons. The number of aliphatic hydroxyl groups is 1. The van der Waals surface area contributed by atoms with Crippen LogP contribution >= 0.6 is 23.2 Å². The Morgan fingerprint density at radius 1 is 1.04 bits per heavy atom. The van der Waals surface area contributed by atoms with Crippen LogP contribution in [0.25, 0.3) is 0 Å². The van der Waals surface area contributed by atoms with Gasteiger partial charge < -0.3 is 10.0 Å². The summed E-state index contributed by atoms with van der Waals surface area (Å²) in [6.07, 6.45) is 4.71. The van der Waals surface area contributed by atoms with Crippen LogP contribution in [0.5, 0.6) is 0 Å². The first kappa shape index (κ1) is 20.7. The lowest BCUT2D eigenvalue weighted by Gasteiger charge is -2.47. The van der Waals surface area contributed by atoms with Gasteiger partial charge in [-0.05, 0) is 62.5 Å². The molecule has 1 saturated carbocycles. The van der Waals surface area contributed by atoms with Crippen molar-refractivity contribution in [1.29, 1.82) is 0 Å². The molecule has 1 aliphatic rings. The minimum atomic E-state index is -0.782. The van der Waals surface area contributed by atoms with Gasteiger partial charge in [-0.15, -0.1) is 0 Å². The molecule has 2 aromatic rings. The monoisotopic (exact) mass is 405 g/mol. The molecule has 3 atom stereocenters. The third-order valence-corrected chi connectivity index (χ3v) is 6.51. The first-order valence-corrected chi connectivity index (χ1v) is 10.5. The van der Waals surface area contributed by atoms with E-state index in [2.05, 4.69) is 43.3 Å². The zero-order chi connectivity index (χ0) is 19.4. The number of nitrogens with zero attached hydrogens (tertiary/aromatic N) is 1. The van der Waals surface area contributed by atoms with E-state index in [1.807, 2.05) is 18.2 Å². The minimum absolute atomic E-state index is 0.213. The zero-order valence-corrected chi connectivity index (χ0v) is 17.7. The summed E-state index contributed by atoms with van der Waals surface area (Å²) >= 11 is 12.5. The molecular formula is C23H29Cl2NO. The molecule has 0 aliphatic heterocycles. The van der Waals surface area contributed by atoms with Crippen LogP contribution in [0.3, 0.4) is 0 Å². The predicted molar refractivity (Wildman–Crippen MR) is 115 cm³/mol. The molecule has 0 amide bonds. The fourth-order valence-electron chi connectivity index (χ4n) is 4.57. The fourth-order valence-corrected chi connectivity index (χ4v) is 5.05. The van der Waals surface area contributed by atoms with E-state index < -0.39 is 5.60 Å². The summed E-state index contributed by atoms with van der Waals surface area (Å²) in [5, 5.41) is 13.3. The summed E-state index contributed by atoms with van der Waals surface area (Å²) in [6.45, 7) is 0.882. The minimum Gasteiger partial charge on any atom is -0.389 e. The molecule has 27 heavy (non-hydrogen) atoms. The normalized spacial score (nSPS) is 25.7. The van der Waals surface area contributed by atoms with Gasteiger partial charge in [-0.3, -0.25) is 0 Å². The summed E-state index contributed by atoms with van der Waals surface area (Å²) in [4.78, 5) is 2.18. The van der Waals surface area contributed by atoms with E-state index in [-0.39, 0.29) is 11.8 Å². The molecule has 0 bridgehead atoms. The van der Waals surface area contributed by atoms with Crippen LogP contribution in [0.4, 0.5) is 0 Å². The molecule has 2 aromatic carbocycles. The van der Waals surface area contributed by atoms with Crippen molar-refractivity contribution in [3.05, 3.63) is 69.7 Å². The van der Waals surface area contributed by atoms with Crippen molar-refractivity contribution in [3.8, 4) is 0 Å². The van der Waals surface area contributed by atoms with Crippen molar-refractivity contribution in [2.45, 2.75) is 37.7 Å². The van der Waals surface area contributed by atoms with Gasteiger partial charge in [-0.1, -0.05) is 66.0 Å². The summed E-state index contributed by atoms with van der Waals surface area (Å²) in [6, 6.07) is 16.1. The van der Waals surface area contributed by atoms with Crippen LogP contribution in [-0.4, -0.2) is 36.2 Å². The van der Waals surface area contributed by atoms with E-state index in [0.717, 1.165) is 37.8 Å². The van der Waals surface area contributed by atoms with Crippen molar-refractivity contribution < 1.29 is 5.11 Å². The summed E-state index contributed by atoms with van der Waals surface area (Å²) < 4.78 is 0. The Morgan fingerprint density at radius 3 is 2.41 bits per heavy atom. The molecule has 1 N–H and O–H groups in total. The van der Waals surface area contributed by atoms with Crippen LogP contribution in [0.1, 0.15) is 30.4 Å². The van der Waals surface area contributed by atoms with Gasteiger partial charge in [0.05, 0.1) is 5.60 Å². The molecule has 1 fully saturated rings. The molecule has 0 aromatic heterocycles. The topological polar surface area (TPSA) is 23.5 Å². The van der Waals surface area contributed by atoms with E-state index in [4.69, 9.17) is 23.2 Å². The van der Waals surface area contributed by atoms with Gasteiger partial charge in [0.25, 0.3) is 0 Å². The van der Waals surface area contributed by atoms with E-state index in [1.165, 1.54) is 5.56 Å². The summed E-state index contributed by atoms with van der Waals surface area (Å²) in [5.74, 6) is 0.437. The van der Waals surface area contributed by atoms with Crippen LogP contribution in [0.2, 0.25) is 10.0 Å². The van der Waals surface area contributed by atoms with Crippen molar-refractivity contribution >= 4 is 23.2 Å². The Labute approximate surface area is 173 Å². The molecule has 0 spiro atoms. The SMILES string of the molecule is CN(C)CC1CCCC(Cc2ccccc2)C1(O)Cc1ccc(Cl)cc1Cl. The van der Waals surface area contributed by atoms with E-state index >= 15 is 0 Å². The van der Waals surface area contributed by atoms with Crippen molar-refractivity contribution in [2.75, 3.05) is 20.6 Å². The Morgan fingerprint density at radius 2 is 1.74 bits per heavy atom.